The van der Waals surface area contributed by atoms with Crippen molar-refractivity contribution in [3.63, 3.8) is 0 Å². The van der Waals surface area contributed by atoms with Crippen molar-refractivity contribution in [2.24, 2.45) is 7.05 Å². The number of aromatic nitrogens is 3. The fourth-order valence-electron chi connectivity index (χ4n) is 1.68. The largest absolute Gasteiger partial charge is 0.493 e. The molecule has 0 fully saturated rings. The van der Waals surface area contributed by atoms with Crippen LogP contribution in [0.5, 0.6) is 17.2 Å². The third kappa shape index (κ3) is 2.09. The molecule has 0 aliphatic carbocycles. The monoisotopic (exact) mass is 249 g/mol. The Labute approximate surface area is 105 Å². The Hall–Kier alpha value is -2.24. The highest BCUT2D eigenvalue weighted by Crippen LogP contribution is 2.40. The van der Waals surface area contributed by atoms with Crippen molar-refractivity contribution in [1.29, 1.82) is 0 Å². The molecule has 0 aliphatic heterocycles. The topological polar surface area (TPSA) is 58.4 Å². The average Bonchev–Trinajstić information content (AvgIpc) is 2.83. The van der Waals surface area contributed by atoms with Gasteiger partial charge in [0.25, 0.3) is 0 Å². The van der Waals surface area contributed by atoms with E-state index >= 15 is 0 Å². The first-order valence-corrected chi connectivity index (χ1v) is 5.35. The first-order chi connectivity index (χ1) is 8.69. The third-order valence-corrected chi connectivity index (χ3v) is 2.52. The first kappa shape index (κ1) is 12.2. The molecule has 96 valence electrons. The Kier molecular flexibility index (Phi) is 3.36. The molecule has 0 N–H and O–H groups in total. The summed E-state index contributed by atoms with van der Waals surface area (Å²) < 4.78 is 17.5. The number of methoxy groups -OCH3 is 3. The van der Waals surface area contributed by atoms with Crippen molar-refractivity contribution in [1.82, 2.24) is 14.8 Å². The summed E-state index contributed by atoms with van der Waals surface area (Å²) in [7, 11) is 6.54. The zero-order chi connectivity index (χ0) is 13.1. The molecule has 0 aliphatic rings. The Morgan fingerprint density at radius 3 is 2.00 bits per heavy atom. The van der Waals surface area contributed by atoms with Gasteiger partial charge in [0.2, 0.25) is 5.75 Å². The fraction of sp³-hybridized carbons (Fsp3) is 0.333. The van der Waals surface area contributed by atoms with E-state index in [1.54, 1.807) is 32.3 Å². The summed E-state index contributed by atoms with van der Waals surface area (Å²) >= 11 is 0. The third-order valence-electron chi connectivity index (χ3n) is 2.52. The van der Waals surface area contributed by atoms with Crippen LogP contribution in [0.1, 0.15) is 0 Å². The van der Waals surface area contributed by atoms with E-state index < -0.39 is 0 Å². The molecule has 1 aromatic heterocycles. The van der Waals surface area contributed by atoms with Gasteiger partial charge in [-0.05, 0) is 12.1 Å². The Balaban J connectivity index is 2.56. The van der Waals surface area contributed by atoms with Crippen molar-refractivity contribution in [2.45, 2.75) is 0 Å². The second-order valence-corrected chi connectivity index (χ2v) is 3.66. The van der Waals surface area contributed by atoms with Crippen LogP contribution < -0.4 is 14.2 Å². The molecule has 0 amide bonds. The van der Waals surface area contributed by atoms with E-state index in [1.807, 2.05) is 19.2 Å². The highest BCUT2D eigenvalue weighted by Gasteiger charge is 2.15. The summed E-state index contributed by atoms with van der Waals surface area (Å²) in [5, 5.41) is 4.24. The van der Waals surface area contributed by atoms with E-state index in [2.05, 4.69) is 10.1 Å². The quantitative estimate of drug-likeness (QED) is 0.822. The molecule has 6 heteroatoms. The summed E-state index contributed by atoms with van der Waals surface area (Å²) in [6.45, 7) is 0. The maximum absolute atomic E-state index is 5.28. The summed E-state index contributed by atoms with van der Waals surface area (Å²) in [5.74, 6) is 2.33. The van der Waals surface area contributed by atoms with Gasteiger partial charge in [-0.3, -0.25) is 4.68 Å². The molecule has 1 aromatic carbocycles. The van der Waals surface area contributed by atoms with Crippen molar-refractivity contribution in [2.75, 3.05) is 21.3 Å². The molecule has 0 atom stereocenters. The highest BCUT2D eigenvalue weighted by molar-refractivity contribution is 5.66. The standard InChI is InChI=1S/C12H15N3O3/c1-15-7-13-12(14-15)8-5-9(16-2)11(18-4)10(6-8)17-3/h5-7H,1-4H3. The van der Waals surface area contributed by atoms with Gasteiger partial charge in [0, 0.05) is 12.6 Å². The van der Waals surface area contributed by atoms with Gasteiger partial charge in [-0.1, -0.05) is 0 Å². The van der Waals surface area contributed by atoms with Gasteiger partial charge >= 0.3 is 0 Å². The van der Waals surface area contributed by atoms with Crippen LogP contribution in [0, 0.1) is 0 Å². The molecule has 18 heavy (non-hydrogen) atoms. The number of benzene rings is 1. The highest BCUT2D eigenvalue weighted by atomic mass is 16.5. The first-order valence-electron chi connectivity index (χ1n) is 5.35. The summed E-state index contributed by atoms with van der Waals surface area (Å²) in [6, 6.07) is 3.63. The van der Waals surface area contributed by atoms with E-state index in [1.165, 1.54) is 0 Å². The maximum atomic E-state index is 5.28. The fourth-order valence-corrected chi connectivity index (χ4v) is 1.68. The van der Waals surface area contributed by atoms with Crippen LogP contribution in [0.15, 0.2) is 18.5 Å². The number of hydrogen-bond acceptors (Lipinski definition) is 5. The molecule has 0 unspecified atom stereocenters. The molecule has 0 radical (unpaired) electrons. The van der Waals surface area contributed by atoms with Crippen LogP contribution in [0.25, 0.3) is 11.4 Å². The number of rotatable bonds is 4. The average molecular weight is 249 g/mol. The molecule has 2 rings (SSSR count). The van der Waals surface area contributed by atoms with Crippen molar-refractivity contribution in [3.05, 3.63) is 18.5 Å². The maximum Gasteiger partial charge on any atom is 0.203 e. The molecule has 0 bridgehead atoms. The Bertz CT molecular complexity index is 526. The van der Waals surface area contributed by atoms with Crippen LogP contribution in [0.4, 0.5) is 0 Å². The molecular weight excluding hydrogens is 234 g/mol. The lowest BCUT2D eigenvalue weighted by atomic mass is 10.1. The van der Waals surface area contributed by atoms with Crippen LogP contribution in [-0.4, -0.2) is 36.1 Å². The molecule has 1 heterocycles. The predicted molar refractivity (Wildman–Crippen MR) is 66.1 cm³/mol. The SMILES string of the molecule is COc1cc(-c2ncn(C)n2)cc(OC)c1OC. The molecule has 0 saturated heterocycles. The molecular formula is C12H15N3O3. The van der Waals surface area contributed by atoms with Crippen LogP contribution in [0.3, 0.4) is 0 Å². The summed E-state index contributed by atoms with van der Waals surface area (Å²) in [6.07, 6.45) is 1.64. The number of nitrogens with zero attached hydrogens (tertiary/aromatic N) is 3. The Morgan fingerprint density at radius 1 is 1.00 bits per heavy atom. The van der Waals surface area contributed by atoms with Gasteiger partial charge in [0.1, 0.15) is 6.33 Å². The molecule has 2 aromatic rings. The Morgan fingerprint density at radius 2 is 1.61 bits per heavy atom. The van der Waals surface area contributed by atoms with Crippen LogP contribution >= 0.6 is 0 Å². The van der Waals surface area contributed by atoms with Gasteiger partial charge in [0.05, 0.1) is 21.3 Å². The molecule has 6 nitrogen and oxygen atoms in total. The second-order valence-electron chi connectivity index (χ2n) is 3.66. The van der Waals surface area contributed by atoms with Gasteiger partial charge in [-0.25, -0.2) is 4.98 Å². The van der Waals surface area contributed by atoms with Gasteiger partial charge in [-0.15, -0.1) is 0 Å². The van der Waals surface area contributed by atoms with E-state index in [0.717, 1.165) is 5.56 Å². The van der Waals surface area contributed by atoms with Crippen molar-refractivity contribution in [3.8, 4) is 28.6 Å². The summed E-state index contributed by atoms with van der Waals surface area (Å²) in [5.41, 5.74) is 0.810. The minimum absolute atomic E-state index is 0.555. The minimum Gasteiger partial charge on any atom is -0.493 e. The van der Waals surface area contributed by atoms with E-state index in [0.29, 0.717) is 23.1 Å². The number of hydrogen-bond donors (Lipinski definition) is 0. The van der Waals surface area contributed by atoms with E-state index in [9.17, 15) is 0 Å². The van der Waals surface area contributed by atoms with Crippen molar-refractivity contribution < 1.29 is 14.2 Å². The zero-order valence-corrected chi connectivity index (χ0v) is 10.8. The van der Waals surface area contributed by atoms with Crippen LogP contribution in [0.2, 0.25) is 0 Å². The van der Waals surface area contributed by atoms with Gasteiger partial charge in [0.15, 0.2) is 17.3 Å². The predicted octanol–water partition coefficient (Wildman–Crippen LogP) is 1.51. The van der Waals surface area contributed by atoms with E-state index in [-0.39, 0.29) is 0 Å². The smallest absolute Gasteiger partial charge is 0.203 e. The second kappa shape index (κ2) is 4.95. The van der Waals surface area contributed by atoms with Gasteiger partial charge < -0.3 is 14.2 Å². The lowest BCUT2D eigenvalue weighted by Gasteiger charge is -2.12. The molecule has 0 saturated carbocycles. The lowest BCUT2D eigenvalue weighted by molar-refractivity contribution is 0.324. The van der Waals surface area contributed by atoms with E-state index in [4.69, 9.17) is 14.2 Å². The number of aryl methyl sites for hydroxylation is 1. The normalized spacial score (nSPS) is 10.2. The summed E-state index contributed by atoms with van der Waals surface area (Å²) in [4.78, 5) is 4.19. The lowest BCUT2D eigenvalue weighted by Crippen LogP contribution is -1.96. The minimum atomic E-state index is 0.555. The zero-order valence-electron chi connectivity index (χ0n) is 10.8. The van der Waals surface area contributed by atoms with Gasteiger partial charge in [-0.2, -0.15) is 5.10 Å². The van der Waals surface area contributed by atoms with Crippen LogP contribution in [-0.2, 0) is 7.05 Å². The number of ether oxygens (including phenoxy) is 3. The molecule has 0 spiro atoms. The van der Waals surface area contributed by atoms with Crippen molar-refractivity contribution >= 4 is 0 Å².